The first kappa shape index (κ1) is 21.6. The molecule has 0 saturated carbocycles. The first-order valence-electron chi connectivity index (χ1n) is 9.98. The largest absolute Gasteiger partial charge is 0.459 e. The van der Waals surface area contributed by atoms with Crippen LogP contribution in [-0.4, -0.2) is 25.0 Å². The molecule has 30 heavy (non-hydrogen) atoms. The van der Waals surface area contributed by atoms with Crippen LogP contribution in [0.1, 0.15) is 41.8 Å². The van der Waals surface area contributed by atoms with E-state index in [1.54, 1.807) is 23.5 Å². The van der Waals surface area contributed by atoms with Gasteiger partial charge in [0.15, 0.2) is 11.7 Å². The predicted molar refractivity (Wildman–Crippen MR) is 123 cm³/mol. The number of carbonyl (C=O) groups excluding carboxylic acids is 1. The highest BCUT2D eigenvalue weighted by molar-refractivity contribution is 7.10. The van der Waals surface area contributed by atoms with Gasteiger partial charge < -0.3 is 20.4 Å². The van der Waals surface area contributed by atoms with Crippen LogP contribution in [0.3, 0.4) is 0 Å². The third kappa shape index (κ3) is 5.97. The molecule has 0 aliphatic rings. The van der Waals surface area contributed by atoms with Crippen LogP contribution in [0, 0.1) is 0 Å². The second kappa shape index (κ2) is 10.1. The van der Waals surface area contributed by atoms with Crippen molar-refractivity contribution in [3.8, 4) is 0 Å². The summed E-state index contributed by atoms with van der Waals surface area (Å²) in [7, 11) is 0. The zero-order valence-electron chi connectivity index (χ0n) is 17.6. The predicted octanol–water partition coefficient (Wildman–Crippen LogP) is 4.63. The van der Waals surface area contributed by atoms with Crippen molar-refractivity contribution in [2.24, 2.45) is 4.99 Å². The zero-order valence-corrected chi connectivity index (χ0v) is 18.4. The molecule has 0 aliphatic heterocycles. The van der Waals surface area contributed by atoms with E-state index in [0.29, 0.717) is 12.2 Å². The van der Waals surface area contributed by atoms with E-state index in [0.717, 1.165) is 24.6 Å². The number of hydrogen-bond acceptors (Lipinski definition) is 4. The fourth-order valence-electron chi connectivity index (χ4n) is 2.92. The summed E-state index contributed by atoms with van der Waals surface area (Å²) in [5.41, 5.74) is 1.73. The zero-order chi connectivity index (χ0) is 21.4. The minimum Gasteiger partial charge on any atom is -0.459 e. The number of amides is 1. The highest BCUT2D eigenvalue weighted by Gasteiger charge is 2.21. The summed E-state index contributed by atoms with van der Waals surface area (Å²) < 4.78 is 5.13. The number of nitrogens with one attached hydrogen (secondary N) is 3. The van der Waals surface area contributed by atoms with E-state index in [1.807, 2.05) is 31.2 Å². The Morgan fingerprint density at radius 2 is 2.00 bits per heavy atom. The number of guanidine groups is 1. The van der Waals surface area contributed by atoms with Crippen LogP contribution in [0.2, 0.25) is 0 Å². The molecular formula is C23H28N4O2S. The number of thiophene rings is 1. The summed E-state index contributed by atoms with van der Waals surface area (Å²) in [5.74, 6) is 0.782. The van der Waals surface area contributed by atoms with Crippen LogP contribution in [0.15, 0.2) is 69.6 Å². The Labute approximate surface area is 181 Å². The molecule has 0 spiro atoms. The van der Waals surface area contributed by atoms with Gasteiger partial charge in [-0.05, 0) is 48.2 Å². The number of carbonyl (C=O) groups is 1. The molecule has 0 bridgehead atoms. The molecule has 3 rings (SSSR count). The van der Waals surface area contributed by atoms with Gasteiger partial charge >= 0.3 is 0 Å². The monoisotopic (exact) mass is 424 g/mol. The Kier molecular flexibility index (Phi) is 7.30. The Morgan fingerprint density at radius 1 is 1.13 bits per heavy atom. The molecular weight excluding hydrogens is 396 g/mol. The van der Waals surface area contributed by atoms with E-state index in [4.69, 9.17) is 9.41 Å². The lowest BCUT2D eigenvalue weighted by Crippen LogP contribution is -2.43. The molecule has 1 amide bonds. The molecule has 0 aliphatic carbocycles. The molecule has 3 aromatic rings. The number of furan rings is 1. The van der Waals surface area contributed by atoms with Crippen LogP contribution in [-0.2, 0) is 12.0 Å². The maximum atomic E-state index is 12.2. The minimum absolute atomic E-state index is 0.0143. The molecule has 3 N–H and O–H groups in total. The van der Waals surface area contributed by atoms with E-state index < -0.39 is 0 Å². The molecule has 0 fully saturated rings. The highest BCUT2D eigenvalue weighted by Crippen LogP contribution is 2.26. The Morgan fingerprint density at radius 3 is 2.70 bits per heavy atom. The standard InChI is InChI=1S/C23H28N4O2S/c1-4-24-22(26-16-23(2,3)20-11-7-13-30-20)25-15-17-8-5-9-18(14-17)27-21(28)19-10-6-12-29-19/h5-14H,4,15-16H2,1-3H3,(H,27,28)(H2,24,25,26). The fraction of sp³-hybridized carbons (Fsp3) is 0.304. The number of rotatable bonds is 8. The molecule has 1 aromatic carbocycles. The first-order chi connectivity index (χ1) is 14.5. The quantitative estimate of drug-likeness (QED) is 0.364. The van der Waals surface area contributed by atoms with Gasteiger partial charge in [-0.15, -0.1) is 11.3 Å². The van der Waals surface area contributed by atoms with Crippen molar-refractivity contribution >= 4 is 28.9 Å². The van der Waals surface area contributed by atoms with Gasteiger partial charge in [0.05, 0.1) is 12.8 Å². The minimum atomic E-state index is -0.272. The number of anilines is 1. The Balaban J connectivity index is 1.62. The van der Waals surface area contributed by atoms with E-state index in [-0.39, 0.29) is 17.1 Å². The molecule has 7 heteroatoms. The lowest BCUT2D eigenvalue weighted by Gasteiger charge is -2.25. The Bertz CT molecular complexity index is 963. The molecule has 2 heterocycles. The van der Waals surface area contributed by atoms with Crippen LogP contribution in [0.4, 0.5) is 5.69 Å². The van der Waals surface area contributed by atoms with E-state index in [9.17, 15) is 4.79 Å². The van der Waals surface area contributed by atoms with Gasteiger partial charge in [-0.1, -0.05) is 32.0 Å². The second-order valence-electron chi connectivity index (χ2n) is 7.54. The normalized spacial score (nSPS) is 11.9. The van der Waals surface area contributed by atoms with Crippen molar-refractivity contribution < 1.29 is 9.21 Å². The van der Waals surface area contributed by atoms with Crippen molar-refractivity contribution in [1.29, 1.82) is 0 Å². The van der Waals surface area contributed by atoms with Gasteiger partial charge in [0, 0.05) is 29.1 Å². The smallest absolute Gasteiger partial charge is 0.291 e. The van der Waals surface area contributed by atoms with Crippen LogP contribution < -0.4 is 16.0 Å². The maximum absolute atomic E-state index is 12.2. The third-order valence-electron chi connectivity index (χ3n) is 4.58. The lowest BCUT2D eigenvalue weighted by molar-refractivity contribution is 0.0996. The molecule has 0 unspecified atom stereocenters. The van der Waals surface area contributed by atoms with Crippen molar-refractivity contribution in [3.05, 3.63) is 76.4 Å². The van der Waals surface area contributed by atoms with Gasteiger partial charge in [0.1, 0.15) is 0 Å². The van der Waals surface area contributed by atoms with Crippen LogP contribution in [0.5, 0.6) is 0 Å². The molecule has 0 atom stereocenters. The molecule has 158 valence electrons. The van der Waals surface area contributed by atoms with Gasteiger partial charge in [0.2, 0.25) is 0 Å². The van der Waals surface area contributed by atoms with Crippen molar-refractivity contribution in [2.75, 3.05) is 18.4 Å². The van der Waals surface area contributed by atoms with Crippen molar-refractivity contribution in [2.45, 2.75) is 32.7 Å². The van der Waals surface area contributed by atoms with E-state index >= 15 is 0 Å². The molecule has 0 saturated heterocycles. The van der Waals surface area contributed by atoms with Gasteiger partial charge in [-0.2, -0.15) is 0 Å². The first-order valence-corrected chi connectivity index (χ1v) is 10.9. The van der Waals surface area contributed by atoms with Crippen LogP contribution in [0.25, 0.3) is 0 Å². The summed E-state index contributed by atoms with van der Waals surface area (Å²) >= 11 is 1.77. The number of hydrogen-bond donors (Lipinski definition) is 3. The summed E-state index contributed by atoms with van der Waals surface area (Å²) in [4.78, 5) is 18.2. The van der Waals surface area contributed by atoms with Gasteiger partial charge in [-0.25, -0.2) is 4.99 Å². The van der Waals surface area contributed by atoms with E-state index in [2.05, 4.69) is 47.3 Å². The van der Waals surface area contributed by atoms with Gasteiger partial charge in [-0.3, -0.25) is 4.79 Å². The summed E-state index contributed by atoms with van der Waals surface area (Å²) in [6, 6.07) is 15.2. The summed E-state index contributed by atoms with van der Waals surface area (Å²) in [6.45, 7) is 8.55. The average molecular weight is 425 g/mol. The average Bonchev–Trinajstić information content (AvgIpc) is 3.45. The van der Waals surface area contributed by atoms with Crippen molar-refractivity contribution in [3.63, 3.8) is 0 Å². The van der Waals surface area contributed by atoms with E-state index in [1.165, 1.54) is 11.1 Å². The summed E-state index contributed by atoms with van der Waals surface area (Å²) in [5, 5.41) is 11.7. The number of benzene rings is 1. The summed E-state index contributed by atoms with van der Waals surface area (Å²) in [6.07, 6.45) is 1.48. The maximum Gasteiger partial charge on any atom is 0.291 e. The van der Waals surface area contributed by atoms with Crippen molar-refractivity contribution in [1.82, 2.24) is 10.6 Å². The highest BCUT2D eigenvalue weighted by atomic mass is 32.1. The van der Waals surface area contributed by atoms with Gasteiger partial charge in [0.25, 0.3) is 5.91 Å². The number of aliphatic imine (C=N–C) groups is 1. The number of nitrogens with zero attached hydrogens (tertiary/aromatic N) is 1. The SMILES string of the molecule is CCNC(=NCc1cccc(NC(=O)c2ccco2)c1)NCC(C)(C)c1cccs1. The molecule has 6 nitrogen and oxygen atoms in total. The third-order valence-corrected chi connectivity index (χ3v) is 5.82. The Hall–Kier alpha value is -3.06. The molecule has 0 radical (unpaired) electrons. The fourth-order valence-corrected chi connectivity index (χ4v) is 3.77. The molecule has 2 aromatic heterocycles. The lowest BCUT2D eigenvalue weighted by atomic mass is 9.91. The van der Waals surface area contributed by atoms with Crippen LogP contribution >= 0.6 is 11.3 Å². The second-order valence-corrected chi connectivity index (χ2v) is 8.49. The topological polar surface area (TPSA) is 78.7 Å².